The number of thiophene rings is 1. The van der Waals surface area contributed by atoms with E-state index < -0.39 is 9.84 Å². The zero-order valence-corrected chi connectivity index (χ0v) is 17.9. The Morgan fingerprint density at radius 2 is 2.07 bits per heavy atom. The largest absolute Gasteiger partial charge is 0.265 e. The highest BCUT2D eigenvalue weighted by Gasteiger charge is 2.31. The van der Waals surface area contributed by atoms with Crippen molar-refractivity contribution in [3.8, 4) is 0 Å². The zero-order chi connectivity index (χ0) is 20.1. The molecule has 3 aromatic heterocycles. The molecule has 148 valence electrons. The van der Waals surface area contributed by atoms with Crippen LogP contribution in [0.25, 0.3) is 10.2 Å². The van der Waals surface area contributed by atoms with Gasteiger partial charge in [0.25, 0.3) is 0 Å². The third-order valence-corrected chi connectivity index (χ3v) is 8.13. The monoisotopic (exact) mass is 418 g/mol. The minimum atomic E-state index is -2.96. The molecule has 0 aromatic carbocycles. The van der Waals surface area contributed by atoms with Gasteiger partial charge in [-0.15, -0.1) is 11.3 Å². The van der Waals surface area contributed by atoms with Crippen LogP contribution in [0.4, 0.5) is 5.82 Å². The molecule has 10 heteroatoms. The smallest absolute Gasteiger partial charge is 0.158 e. The van der Waals surface area contributed by atoms with Crippen molar-refractivity contribution >= 4 is 43.4 Å². The van der Waals surface area contributed by atoms with Crippen LogP contribution in [0.2, 0.25) is 0 Å². The van der Waals surface area contributed by atoms with Gasteiger partial charge in [-0.3, -0.25) is 10.1 Å². The zero-order valence-electron chi connectivity index (χ0n) is 16.2. The molecule has 1 aliphatic rings. The van der Waals surface area contributed by atoms with Gasteiger partial charge in [0.1, 0.15) is 11.2 Å². The fourth-order valence-electron chi connectivity index (χ4n) is 3.61. The van der Waals surface area contributed by atoms with Gasteiger partial charge in [0, 0.05) is 16.1 Å². The average Bonchev–Trinajstić information content (AvgIpc) is 3.24. The van der Waals surface area contributed by atoms with E-state index in [1.54, 1.807) is 17.6 Å². The van der Waals surface area contributed by atoms with Crippen molar-refractivity contribution in [1.82, 2.24) is 19.7 Å². The van der Waals surface area contributed by atoms with E-state index in [2.05, 4.69) is 39.4 Å². The Morgan fingerprint density at radius 1 is 1.29 bits per heavy atom. The molecule has 0 radical (unpaired) electrons. The summed E-state index contributed by atoms with van der Waals surface area (Å²) >= 11 is 1.64. The lowest BCUT2D eigenvalue weighted by atomic mass is 10.2. The van der Waals surface area contributed by atoms with Crippen molar-refractivity contribution < 1.29 is 8.42 Å². The average molecular weight is 419 g/mol. The summed E-state index contributed by atoms with van der Waals surface area (Å²) in [6, 6.07) is -0.100. The van der Waals surface area contributed by atoms with Gasteiger partial charge >= 0.3 is 0 Å². The molecule has 0 aliphatic carbocycles. The minimum Gasteiger partial charge on any atom is -0.265 e. The van der Waals surface area contributed by atoms with Gasteiger partial charge in [0.2, 0.25) is 0 Å². The van der Waals surface area contributed by atoms with Crippen molar-refractivity contribution in [3.05, 3.63) is 33.7 Å². The highest BCUT2D eigenvalue weighted by Crippen LogP contribution is 2.32. The normalized spacial score (nSPS) is 19.1. The van der Waals surface area contributed by atoms with Crippen molar-refractivity contribution in [3.63, 3.8) is 0 Å². The van der Waals surface area contributed by atoms with Crippen LogP contribution in [-0.2, 0) is 9.84 Å². The number of nitrogens with zero attached hydrogens (tertiary/aromatic N) is 5. The van der Waals surface area contributed by atoms with Crippen LogP contribution >= 0.6 is 11.3 Å². The molecule has 0 spiro atoms. The molecule has 4 heterocycles. The van der Waals surface area contributed by atoms with Crippen LogP contribution in [0.5, 0.6) is 0 Å². The number of hydrogen-bond acceptors (Lipinski definition) is 8. The van der Waals surface area contributed by atoms with Crippen molar-refractivity contribution in [2.75, 3.05) is 16.9 Å². The number of nitrogens with one attached hydrogen (secondary N) is 1. The third-order valence-electron chi connectivity index (χ3n) is 5.26. The maximum atomic E-state index is 11.8. The molecular formula is C18H22N6O2S2. The van der Waals surface area contributed by atoms with E-state index in [4.69, 9.17) is 0 Å². The Kier molecular flexibility index (Phi) is 4.70. The Morgan fingerprint density at radius 3 is 2.79 bits per heavy atom. The van der Waals surface area contributed by atoms with E-state index >= 15 is 0 Å². The molecule has 4 rings (SSSR count). The predicted octanol–water partition coefficient (Wildman–Crippen LogP) is 2.93. The standard InChI is InChI=1S/C18H22N6O2S2/c1-10-13(4)27-18-16(10)17(19-9-20-18)22-21-7-15-11(2)23-24(12(15)3)14-5-6-28(25,26)8-14/h7,9,14H,5-6,8H2,1-4H3,(H,19,20,22)/b21-7-/t14-/m1/s1. The van der Waals surface area contributed by atoms with Gasteiger partial charge in [0.05, 0.1) is 34.8 Å². The summed E-state index contributed by atoms with van der Waals surface area (Å²) in [6.07, 6.45) is 3.86. The number of hydrazone groups is 1. The number of aryl methyl sites for hydroxylation is 3. The Hall–Kier alpha value is -2.33. The summed E-state index contributed by atoms with van der Waals surface area (Å²) in [5.74, 6) is 1.05. The molecule has 1 saturated heterocycles. The number of anilines is 1. The molecular weight excluding hydrogens is 396 g/mol. The summed E-state index contributed by atoms with van der Waals surface area (Å²) in [6.45, 7) is 7.98. The lowest BCUT2D eigenvalue weighted by Crippen LogP contribution is -2.14. The second-order valence-corrected chi connectivity index (χ2v) is 10.6. The van der Waals surface area contributed by atoms with Gasteiger partial charge in [-0.05, 0) is 39.7 Å². The number of fused-ring (bicyclic) bond motifs is 1. The fraction of sp³-hybridized carbons (Fsp3) is 0.444. The SMILES string of the molecule is Cc1nn([C@@H]2CCS(=O)(=O)C2)c(C)c1/C=N\Nc1ncnc2sc(C)c(C)c12. The first-order valence-corrected chi connectivity index (χ1v) is 11.7. The van der Waals surface area contributed by atoms with Crippen LogP contribution in [0.15, 0.2) is 11.4 Å². The summed E-state index contributed by atoms with van der Waals surface area (Å²) in [7, 11) is -2.96. The topological polar surface area (TPSA) is 102 Å². The van der Waals surface area contributed by atoms with Gasteiger partial charge in [0.15, 0.2) is 15.7 Å². The van der Waals surface area contributed by atoms with Gasteiger partial charge in [-0.1, -0.05) is 0 Å². The van der Waals surface area contributed by atoms with E-state index in [-0.39, 0.29) is 17.5 Å². The number of hydrogen-bond donors (Lipinski definition) is 1. The Bertz CT molecular complexity index is 1190. The van der Waals surface area contributed by atoms with Crippen LogP contribution in [0.1, 0.15) is 39.9 Å². The quantitative estimate of drug-likeness (QED) is 0.516. The van der Waals surface area contributed by atoms with Crippen LogP contribution in [0, 0.1) is 27.7 Å². The Balaban J connectivity index is 1.60. The summed E-state index contributed by atoms with van der Waals surface area (Å²) in [4.78, 5) is 10.8. The van der Waals surface area contributed by atoms with E-state index in [0.29, 0.717) is 12.2 Å². The van der Waals surface area contributed by atoms with E-state index in [1.165, 1.54) is 11.2 Å². The lowest BCUT2D eigenvalue weighted by Gasteiger charge is -2.10. The van der Waals surface area contributed by atoms with Crippen molar-refractivity contribution in [1.29, 1.82) is 0 Å². The Labute approximate surface area is 167 Å². The lowest BCUT2D eigenvalue weighted by molar-refractivity contribution is 0.486. The van der Waals surface area contributed by atoms with E-state index in [1.807, 2.05) is 18.5 Å². The minimum absolute atomic E-state index is 0.100. The maximum Gasteiger partial charge on any atom is 0.158 e. The van der Waals surface area contributed by atoms with Gasteiger partial charge in [-0.2, -0.15) is 10.2 Å². The maximum absolute atomic E-state index is 11.8. The molecule has 28 heavy (non-hydrogen) atoms. The molecule has 0 bridgehead atoms. The molecule has 0 amide bonds. The highest BCUT2D eigenvalue weighted by molar-refractivity contribution is 7.91. The third kappa shape index (κ3) is 3.30. The molecule has 1 aliphatic heterocycles. The van der Waals surface area contributed by atoms with E-state index in [0.717, 1.165) is 32.7 Å². The van der Waals surface area contributed by atoms with Gasteiger partial charge < -0.3 is 0 Å². The molecule has 0 saturated carbocycles. The molecule has 1 fully saturated rings. The van der Waals surface area contributed by atoms with Crippen LogP contribution in [0.3, 0.4) is 0 Å². The first kappa shape index (κ1) is 19.0. The first-order valence-electron chi connectivity index (χ1n) is 9.02. The van der Waals surface area contributed by atoms with Crippen LogP contribution < -0.4 is 5.43 Å². The molecule has 1 N–H and O–H groups in total. The highest BCUT2D eigenvalue weighted by atomic mass is 32.2. The number of rotatable bonds is 4. The van der Waals surface area contributed by atoms with Gasteiger partial charge in [-0.25, -0.2) is 18.4 Å². The number of aromatic nitrogens is 4. The summed E-state index contributed by atoms with van der Waals surface area (Å²) in [5.41, 5.74) is 6.81. The molecule has 3 aromatic rings. The fourth-order valence-corrected chi connectivity index (χ4v) is 6.30. The van der Waals surface area contributed by atoms with Crippen LogP contribution in [-0.4, -0.2) is 45.9 Å². The number of sulfone groups is 1. The molecule has 8 nitrogen and oxygen atoms in total. The second-order valence-electron chi connectivity index (χ2n) is 7.14. The summed E-state index contributed by atoms with van der Waals surface area (Å²) < 4.78 is 25.4. The predicted molar refractivity (Wildman–Crippen MR) is 112 cm³/mol. The molecule has 0 unspecified atom stereocenters. The summed E-state index contributed by atoms with van der Waals surface area (Å²) in [5, 5.41) is 9.92. The molecule has 1 atom stereocenters. The second kappa shape index (κ2) is 6.93. The van der Waals surface area contributed by atoms with Crippen molar-refractivity contribution in [2.45, 2.75) is 40.2 Å². The van der Waals surface area contributed by atoms with Crippen molar-refractivity contribution in [2.24, 2.45) is 5.10 Å². The van der Waals surface area contributed by atoms with E-state index in [9.17, 15) is 8.42 Å². The first-order chi connectivity index (χ1) is 13.3.